The number of hydrogen-bond acceptors (Lipinski definition) is 5. The van der Waals surface area contributed by atoms with Gasteiger partial charge in [-0.25, -0.2) is 4.98 Å². The average molecular weight is 382 g/mol. The number of nitrogens with one attached hydrogen (secondary N) is 1. The second-order valence-electron chi connectivity index (χ2n) is 6.71. The molecule has 0 aliphatic rings. The van der Waals surface area contributed by atoms with E-state index in [1.165, 1.54) is 11.1 Å². The summed E-state index contributed by atoms with van der Waals surface area (Å²) in [6, 6.07) is 28.2. The van der Waals surface area contributed by atoms with Crippen LogP contribution < -0.4 is 15.8 Å². The van der Waals surface area contributed by atoms with Gasteiger partial charge < -0.3 is 15.8 Å². The largest absolute Gasteiger partial charge is 0.497 e. The van der Waals surface area contributed by atoms with Gasteiger partial charge in [-0.2, -0.15) is 4.98 Å². The van der Waals surface area contributed by atoms with Crippen LogP contribution in [0.25, 0.3) is 11.3 Å². The Kier molecular flexibility index (Phi) is 5.38. The summed E-state index contributed by atoms with van der Waals surface area (Å²) in [6.07, 6.45) is 0.864. The molecule has 5 heteroatoms. The zero-order chi connectivity index (χ0) is 20.1. The topological polar surface area (TPSA) is 73.1 Å². The van der Waals surface area contributed by atoms with Crippen molar-refractivity contribution in [3.63, 3.8) is 0 Å². The zero-order valence-corrected chi connectivity index (χ0v) is 16.2. The SMILES string of the molecule is COc1ccc(Cc2ccc(Nc3cc(-c4ccccc4)nc(N)n3)cc2)cc1. The molecular weight excluding hydrogens is 360 g/mol. The molecule has 4 aromatic rings. The van der Waals surface area contributed by atoms with Crippen LogP contribution in [0.2, 0.25) is 0 Å². The molecule has 0 aliphatic heterocycles. The fourth-order valence-corrected chi connectivity index (χ4v) is 3.12. The lowest BCUT2D eigenvalue weighted by Crippen LogP contribution is -2.01. The highest BCUT2D eigenvalue weighted by Crippen LogP contribution is 2.23. The van der Waals surface area contributed by atoms with E-state index in [0.29, 0.717) is 5.82 Å². The van der Waals surface area contributed by atoms with Crippen molar-refractivity contribution < 1.29 is 4.74 Å². The summed E-state index contributed by atoms with van der Waals surface area (Å²) in [5.41, 5.74) is 11.1. The number of ether oxygens (including phenoxy) is 1. The monoisotopic (exact) mass is 382 g/mol. The third-order valence-electron chi connectivity index (χ3n) is 4.61. The van der Waals surface area contributed by atoms with Crippen molar-refractivity contribution in [2.24, 2.45) is 0 Å². The van der Waals surface area contributed by atoms with Crippen LogP contribution in [0, 0.1) is 0 Å². The lowest BCUT2D eigenvalue weighted by Gasteiger charge is -2.10. The van der Waals surface area contributed by atoms with Gasteiger partial charge in [0, 0.05) is 17.3 Å². The predicted octanol–water partition coefficient (Wildman–Crippen LogP) is 5.07. The average Bonchev–Trinajstić information content (AvgIpc) is 2.76. The third-order valence-corrected chi connectivity index (χ3v) is 4.61. The van der Waals surface area contributed by atoms with E-state index in [2.05, 4.69) is 39.6 Å². The van der Waals surface area contributed by atoms with Crippen LogP contribution in [0.15, 0.2) is 84.9 Å². The number of nitrogen functional groups attached to an aromatic ring is 1. The van der Waals surface area contributed by atoms with Crippen LogP contribution in [0.4, 0.5) is 17.5 Å². The number of benzene rings is 3. The first-order valence-electron chi connectivity index (χ1n) is 9.38. The molecule has 4 rings (SSSR count). The van der Waals surface area contributed by atoms with Crippen molar-refractivity contribution in [2.75, 3.05) is 18.2 Å². The summed E-state index contributed by atoms with van der Waals surface area (Å²) in [7, 11) is 1.68. The van der Waals surface area contributed by atoms with Crippen LogP contribution in [0.3, 0.4) is 0 Å². The van der Waals surface area contributed by atoms with Crippen LogP contribution >= 0.6 is 0 Å². The van der Waals surface area contributed by atoms with Gasteiger partial charge in [-0.1, -0.05) is 54.6 Å². The first-order valence-corrected chi connectivity index (χ1v) is 9.38. The first-order chi connectivity index (χ1) is 14.2. The van der Waals surface area contributed by atoms with Gasteiger partial charge in [0.2, 0.25) is 5.95 Å². The standard InChI is InChI=1S/C24H22N4O/c1-29-21-13-9-18(10-14-21)15-17-7-11-20(12-8-17)26-23-16-22(27-24(25)28-23)19-5-3-2-4-6-19/h2-14,16H,15H2,1H3,(H3,25,26,27,28). The maximum Gasteiger partial charge on any atom is 0.222 e. The quantitative estimate of drug-likeness (QED) is 0.487. The Morgan fingerprint density at radius 3 is 2.14 bits per heavy atom. The lowest BCUT2D eigenvalue weighted by atomic mass is 10.0. The summed E-state index contributed by atoms with van der Waals surface area (Å²) in [4.78, 5) is 8.64. The Morgan fingerprint density at radius 2 is 1.48 bits per heavy atom. The van der Waals surface area contributed by atoms with Gasteiger partial charge in [0.05, 0.1) is 12.8 Å². The molecule has 0 aliphatic carbocycles. The number of nitrogens with two attached hydrogens (primary N) is 1. The van der Waals surface area contributed by atoms with E-state index in [4.69, 9.17) is 10.5 Å². The Labute approximate surface area is 170 Å². The molecule has 0 amide bonds. The maximum atomic E-state index is 5.91. The van der Waals surface area contributed by atoms with Crippen molar-refractivity contribution in [3.8, 4) is 17.0 Å². The second kappa shape index (κ2) is 8.44. The van der Waals surface area contributed by atoms with Gasteiger partial charge in [-0.15, -0.1) is 0 Å². The van der Waals surface area contributed by atoms with Crippen LogP contribution in [-0.2, 0) is 6.42 Å². The van der Waals surface area contributed by atoms with Crippen molar-refractivity contribution in [2.45, 2.75) is 6.42 Å². The normalized spacial score (nSPS) is 10.5. The molecule has 3 N–H and O–H groups in total. The molecule has 5 nitrogen and oxygen atoms in total. The number of anilines is 3. The molecule has 1 heterocycles. The Bertz CT molecular complexity index is 1080. The minimum atomic E-state index is 0.241. The minimum absolute atomic E-state index is 0.241. The molecule has 0 spiro atoms. The van der Waals surface area contributed by atoms with E-state index < -0.39 is 0 Å². The number of nitrogens with zero attached hydrogens (tertiary/aromatic N) is 2. The maximum absolute atomic E-state index is 5.91. The summed E-state index contributed by atoms with van der Waals surface area (Å²) >= 11 is 0. The molecule has 29 heavy (non-hydrogen) atoms. The van der Waals surface area contributed by atoms with Gasteiger partial charge in [-0.05, 0) is 41.8 Å². The minimum Gasteiger partial charge on any atom is -0.497 e. The highest BCUT2D eigenvalue weighted by Gasteiger charge is 2.06. The highest BCUT2D eigenvalue weighted by molar-refractivity contribution is 5.67. The van der Waals surface area contributed by atoms with Crippen molar-refractivity contribution in [1.82, 2.24) is 9.97 Å². The number of methoxy groups -OCH3 is 1. The fourth-order valence-electron chi connectivity index (χ4n) is 3.12. The van der Waals surface area contributed by atoms with E-state index in [0.717, 1.165) is 29.1 Å². The molecule has 0 saturated heterocycles. The van der Waals surface area contributed by atoms with Crippen molar-refractivity contribution in [3.05, 3.63) is 96.1 Å². The van der Waals surface area contributed by atoms with Crippen molar-refractivity contribution >= 4 is 17.5 Å². The van der Waals surface area contributed by atoms with E-state index in [-0.39, 0.29) is 5.95 Å². The summed E-state index contributed by atoms with van der Waals surface area (Å²) in [6.45, 7) is 0. The highest BCUT2D eigenvalue weighted by atomic mass is 16.5. The van der Waals surface area contributed by atoms with E-state index in [1.807, 2.05) is 60.7 Å². The molecule has 0 saturated carbocycles. The van der Waals surface area contributed by atoms with E-state index in [9.17, 15) is 0 Å². The number of aromatic nitrogens is 2. The number of rotatable bonds is 6. The van der Waals surface area contributed by atoms with Crippen molar-refractivity contribution in [1.29, 1.82) is 0 Å². The molecule has 0 fully saturated rings. The second-order valence-corrected chi connectivity index (χ2v) is 6.71. The van der Waals surface area contributed by atoms with Gasteiger partial charge in [0.15, 0.2) is 0 Å². The van der Waals surface area contributed by atoms with E-state index in [1.54, 1.807) is 7.11 Å². The summed E-state index contributed by atoms with van der Waals surface area (Å²) < 4.78 is 5.21. The molecule has 0 unspecified atom stereocenters. The molecule has 0 atom stereocenters. The molecular formula is C24H22N4O. The predicted molar refractivity (Wildman–Crippen MR) is 117 cm³/mol. The van der Waals surface area contributed by atoms with Gasteiger partial charge >= 0.3 is 0 Å². The molecule has 1 aromatic heterocycles. The first kappa shape index (κ1) is 18.5. The zero-order valence-electron chi connectivity index (χ0n) is 16.2. The van der Waals surface area contributed by atoms with Gasteiger partial charge in [0.1, 0.15) is 11.6 Å². The fraction of sp³-hybridized carbons (Fsp3) is 0.0833. The Balaban J connectivity index is 1.48. The van der Waals surface area contributed by atoms with Gasteiger partial charge in [0.25, 0.3) is 0 Å². The summed E-state index contributed by atoms with van der Waals surface area (Å²) in [5.74, 6) is 1.77. The molecule has 0 bridgehead atoms. The lowest BCUT2D eigenvalue weighted by molar-refractivity contribution is 0.414. The van der Waals surface area contributed by atoms with Crippen LogP contribution in [0.1, 0.15) is 11.1 Å². The Hall–Kier alpha value is -3.86. The van der Waals surface area contributed by atoms with Crippen LogP contribution in [-0.4, -0.2) is 17.1 Å². The van der Waals surface area contributed by atoms with Crippen LogP contribution in [0.5, 0.6) is 5.75 Å². The summed E-state index contributed by atoms with van der Waals surface area (Å²) in [5, 5.41) is 3.31. The molecule has 144 valence electrons. The van der Waals surface area contributed by atoms with E-state index >= 15 is 0 Å². The Morgan fingerprint density at radius 1 is 0.828 bits per heavy atom. The van der Waals surface area contributed by atoms with Gasteiger partial charge in [-0.3, -0.25) is 0 Å². The molecule has 3 aromatic carbocycles. The smallest absolute Gasteiger partial charge is 0.222 e. The molecule has 0 radical (unpaired) electrons. The number of hydrogen-bond donors (Lipinski definition) is 2. The third kappa shape index (κ3) is 4.71.